The number of carbonyl (C=O) groups excluding carboxylic acids is 2. The molecule has 0 saturated heterocycles. The van der Waals surface area contributed by atoms with E-state index in [0.717, 1.165) is 32.1 Å². The molecule has 0 aromatic carbocycles. The van der Waals surface area contributed by atoms with E-state index >= 15 is 0 Å². The molecule has 304 valence electrons. The lowest BCUT2D eigenvalue weighted by atomic mass is 10.0. The van der Waals surface area contributed by atoms with Gasteiger partial charge in [0.2, 0.25) is 0 Å². The fraction of sp³-hybridized carbons (Fsp3) is 0.951. The Kier molecular flexibility index (Phi) is 38.0. The lowest BCUT2D eigenvalue weighted by Crippen LogP contribution is -2.29. The van der Waals surface area contributed by atoms with Gasteiger partial charge in [0.05, 0.1) is 13.2 Å². The molecule has 0 bridgehead atoms. The van der Waals surface area contributed by atoms with Gasteiger partial charge in [0, 0.05) is 19.4 Å². The van der Waals surface area contributed by atoms with E-state index < -0.39 is 26.5 Å². The van der Waals surface area contributed by atoms with E-state index in [1.165, 1.54) is 154 Å². The maximum absolute atomic E-state index is 12.6. The number of nitrogens with two attached hydrogens (primary N) is 1. The number of hydrogen-bond donors (Lipinski definition) is 2. The van der Waals surface area contributed by atoms with Crippen LogP contribution >= 0.6 is 7.82 Å². The molecule has 0 radical (unpaired) electrons. The van der Waals surface area contributed by atoms with Crippen molar-refractivity contribution in [3.05, 3.63) is 0 Å². The van der Waals surface area contributed by atoms with Crippen LogP contribution < -0.4 is 5.73 Å². The fourth-order valence-electron chi connectivity index (χ4n) is 6.28. The van der Waals surface area contributed by atoms with E-state index in [9.17, 15) is 19.0 Å². The highest BCUT2D eigenvalue weighted by atomic mass is 31.2. The van der Waals surface area contributed by atoms with Gasteiger partial charge in [-0.05, 0) is 12.8 Å². The Morgan fingerprint density at radius 1 is 0.510 bits per heavy atom. The summed E-state index contributed by atoms with van der Waals surface area (Å²) in [6.45, 7) is 3.77. The Hall–Kier alpha value is -0.990. The fourth-order valence-corrected chi connectivity index (χ4v) is 7.05. The van der Waals surface area contributed by atoms with Gasteiger partial charge in [0.1, 0.15) is 6.61 Å². The highest BCUT2D eigenvalue weighted by Crippen LogP contribution is 2.43. The van der Waals surface area contributed by atoms with Crippen molar-refractivity contribution in [2.24, 2.45) is 5.73 Å². The number of carbonyl (C=O) groups is 2. The van der Waals surface area contributed by atoms with Crippen LogP contribution in [0, 0.1) is 0 Å². The van der Waals surface area contributed by atoms with Crippen molar-refractivity contribution >= 4 is 19.8 Å². The van der Waals surface area contributed by atoms with Crippen LogP contribution in [-0.4, -0.2) is 49.3 Å². The third-order valence-electron chi connectivity index (χ3n) is 9.49. The second kappa shape index (κ2) is 38.7. The van der Waals surface area contributed by atoms with Crippen LogP contribution in [0.5, 0.6) is 0 Å². The minimum atomic E-state index is -4.37. The topological polar surface area (TPSA) is 134 Å². The lowest BCUT2D eigenvalue weighted by Gasteiger charge is -2.19. The number of ether oxygens (including phenoxy) is 2. The molecule has 51 heavy (non-hydrogen) atoms. The third-order valence-corrected chi connectivity index (χ3v) is 10.5. The molecule has 0 aliphatic heterocycles. The Morgan fingerprint density at radius 2 is 0.843 bits per heavy atom. The molecule has 9 nitrogen and oxygen atoms in total. The number of unbranched alkanes of at least 4 members (excludes halogenated alkanes) is 28. The molecule has 0 aliphatic rings. The molecule has 0 aromatic heterocycles. The maximum atomic E-state index is 12.6. The molecule has 0 aliphatic carbocycles. The quantitative estimate of drug-likeness (QED) is 0.0356. The summed E-state index contributed by atoms with van der Waals surface area (Å²) < 4.78 is 32.8. The van der Waals surface area contributed by atoms with Crippen LogP contribution in [0.15, 0.2) is 0 Å². The average Bonchev–Trinajstić information content (AvgIpc) is 3.11. The summed E-state index contributed by atoms with van der Waals surface area (Å²) in [6, 6.07) is 0. The molecule has 3 N–H and O–H groups in total. The summed E-state index contributed by atoms with van der Waals surface area (Å²) in [5, 5.41) is 0. The first-order valence-electron chi connectivity index (χ1n) is 21.5. The van der Waals surface area contributed by atoms with Gasteiger partial charge in [-0.15, -0.1) is 0 Å². The van der Waals surface area contributed by atoms with E-state index in [0.29, 0.717) is 6.42 Å². The molecule has 10 heteroatoms. The smallest absolute Gasteiger partial charge is 0.462 e. The van der Waals surface area contributed by atoms with Gasteiger partial charge in [0.15, 0.2) is 6.10 Å². The molecule has 0 saturated carbocycles. The first-order chi connectivity index (χ1) is 24.8. The maximum Gasteiger partial charge on any atom is 0.472 e. The zero-order valence-electron chi connectivity index (χ0n) is 33.4. The third kappa shape index (κ3) is 38.5. The highest BCUT2D eigenvalue weighted by Gasteiger charge is 2.26. The van der Waals surface area contributed by atoms with Crippen molar-refractivity contribution in [2.75, 3.05) is 26.4 Å². The Morgan fingerprint density at radius 3 is 1.20 bits per heavy atom. The summed E-state index contributed by atoms with van der Waals surface area (Å²) in [5.41, 5.74) is 5.34. The van der Waals surface area contributed by atoms with Crippen LogP contribution in [0.1, 0.15) is 219 Å². The molecular formula is C41H82NO8P. The Bertz CT molecular complexity index is 815. The van der Waals surface area contributed by atoms with Crippen molar-refractivity contribution in [1.29, 1.82) is 0 Å². The van der Waals surface area contributed by atoms with Gasteiger partial charge in [-0.25, -0.2) is 4.57 Å². The second-order valence-electron chi connectivity index (χ2n) is 14.6. The first kappa shape index (κ1) is 50.0. The summed E-state index contributed by atoms with van der Waals surface area (Å²) in [7, 11) is -4.37. The molecule has 0 amide bonds. The zero-order chi connectivity index (χ0) is 37.5. The second-order valence-corrected chi connectivity index (χ2v) is 16.0. The molecule has 0 fully saturated rings. The molecule has 0 spiro atoms. The van der Waals surface area contributed by atoms with Gasteiger partial charge < -0.3 is 20.1 Å². The van der Waals surface area contributed by atoms with Crippen LogP contribution in [0.4, 0.5) is 0 Å². The normalized spacial score (nSPS) is 13.3. The highest BCUT2D eigenvalue weighted by molar-refractivity contribution is 7.47. The SMILES string of the molecule is CCCCCCCCCCCCCCCCCCC(=O)OC[C@H](COP(=O)(O)OCCN)OC(=O)CCCCCCCCCCCCCCCC. The Labute approximate surface area is 314 Å². The number of esters is 2. The van der Waals surface area contributed by atoms with Gasteiger partial charge in [-0.3, -0.25) is 18.6 Å². The number of hydrogen-bond acceptors (Lipinski definition) is 8. The van der Waals surface area contributed by atoms with E-state index in [4.69, 9.17) is 24.3 Å². The van der Waals surface area contributed by atoms with Crippen molar-refractivity contribution in [2.45, 2.75) is 225 Å². The summed E-state index contributed by atoms with van der Waals surface area (Å²) in [6.07, 6.45) is 37.0. The van der Waals surface area contributed by atoms with E-state index in [1.807, 2.05) is 0 Å². The predicted molar refractivity (Wildman–Crippen MR) is 211 cm³/mol. The van der Waals surface area contributed by atoms with Crippen molar-refractivity contribution < 1.29 is 37.6 Å². The molecule has 0 rings (SSSR count). The average molecular weight is 748 g/mol. The molecule has 0 heterocycles. The summed E-state index contributed by atoms with van der Waals surface area (Å²) in [5.74, 6) is -0.813. The van der Waals surface area contributed by atoms with Gasteiger partial charge in [-0.1, -0.05) is 194 Å². The molecule has 2 atom stereocenters. The Balaban J connectivity index is 4.10. The summed E-state index contributed by atoms with van der Waals surface area (Å²) >= 11 is 0. The van der Waals surface area contributed by atoms with Crippen LogP contribution in [0.2, 0.25) is 0 Å². The van der Waals surface area contributed by atoms with Crippen LogP contribution in [0.3, 0.4) is 0 Å². The van der Waals surface area contributed by atoms with E-state index in [2.05, 4.69) is 13.8 Å². The minimum Gasteiger partial charge on any atom is -0.462 e. The number of rotatable bonds is 41. The monoisotopic (exact) mass is 748 g/mol. The molecule has 1 unspecified atom stereocenters. The van der Waals surface area contributed by atoms with E-state index in [-0.39, 0.29) is 38.6 Å². The largest absolute Gasteiger partial charge is 0.472 e. The van der Waals surface area contributed by atoms with Crippen LogP contribution in [-0.2, 0) is 32.7 Å². The summed E-state index contributed by atoms with van der Waals surface area (Å²) in [4.78, 5) is 34.8. The van der Waals surface area contributed by atoms with Crippen LogP contribution in [0.25, 0.3) is 0 Å². The predicted octanol–water partition coefficient (Wildman–Crippen LogP) is 12.1. The number of phosphoric ester groups is 1. The van der Waals surface area contributed by atoms with Crippen molar-refractivity contribution in [3.63, 3.8) is 0 Å². The first-order valence-corrected chi connectivity index (χ1v) is 23.0. The van der Waals surface area contributed by atoms with Gasteiger partial charge in [0.25, 0.3) is 0 Å². The molecule has 0 aromatic rings. The standard InChI is InChI=1S/C41H82NO8P/c1-3-5-7-9-11-13-15-17-19-20-22-23-25-27-29-31-33-40(43)47-37-39(38-49-51(45,46)48-36-35-42)50-41(44)34-32-30-28-26-24-21-18-16-14-12-10-8-6-4-2/h39H,3-38,42H2,1-2H3,(H,45,46)/t39-/m1/s1. The van der Waals surface area contributed by atoms with Gasteiger partial charge in [-0.2, -0.15) is 0 Å². The minimum absolute atomic E-state index is 0.0580. The van der Waals surface area contributed by atoms with Crippen molar-refractivity contribution in [3.8, 4) is 0 Å². The lowest BCUT2D eigenvalue weighted by molar-refractivity contribution is -0.161. The van der Waals surface area contributed by atoms with Gasteiger partial charge >= 0.3 is 19.8 Å². The van der Waals surface area contributed by atoms with Crippen molar-refractivity contribution in [1.82, 2.24) is 0 Å². The zero-order valence-corrected chi connectivity index (χ0v) is 34.3. The number of phosphoric acid groups is 1. The van der Waals surface area contributed by atoms with E-state index in [1.54, 1.807) is 0 Å². The molecular weight excluding hydrogens is 665 g/mol.